The second kappa shape index (κ2) is 4.62. The molecule has 1 amide bonds. The van der Waals surface area contributed by atoms with Gasteiger partial charge in [0.25, 0.3) is 11.5 Å². The molecule has 0 saturated heterocycles. The van der Waals surface area contributed by atoms with Gasteiger partial charge in [-0.15, -0.1) is 11.3 Å². The van der Waals surface area contributed by atoms with Gasteiger partial charge in [0, 0.05) is 24.0 Å². The number of thiazole rings is 1. The molecule has 3 aromatic heterocycles. The summed E-state index contributed by atoms with van der Waals surface area (Å²) in [5, 5.41) is 4.30. The Balaban J connectivity index is 1.96. The van der Waals surface area contributed by atoms with E-state index in [1.165, 1.54) is 28.1 Å². The van der Waals surface area contributed by atoms with E-state index < -0.39 is 0 Å². The highest BCUT2D eigenvalue weighted by Gasteiger charge is 2.10. The molecule has 94 valence electrons. The average molecular weight is 272 g/mol. The summed E-state index contributed by atoms with van der Waals surface area (Å²) in [7, 11) is 0. The lowest BCUT2D eigenvalue weighted by Gasteiger charge is -2.03. The fraction of sp³-hybridized carbons (Fsp3) is 0. The van der Waals surface area contributed by atoms with Crippen LogP contribution in [0.3, 0.4) is 0 Å². The zero-order valence-corrected chi connectivity index (χ0v) is 10.4. The number of hydrogen-bond acceptors (Lipinski definition) is 5. The Hall–Kier alpha value is -2.54. The van der Waals surface area contributed by atoms with E-state index in [0.717, 1.165) is 0 Å². The van der Waals surface area contributed by atoms with Crippen molar-refractivity contribution in [3.63, 3.8) is 0 Å². The van der Waals surface area contributed by atoms with E-state index in [2.05, 4.69) is 15.3 Å². The van der Waals surface area contributed by atoms with Crippen molar-refractivity contribution in [3.05, 3.63) is 58.2 Å². The summed E-state index contributed by atoms with van der Waals surface area (Å²) in [6.45, 7) is 0. The summed E-state index contributed by atoms with van der Waals surface area (Å²) in [6, 6.07) is 3.28. The van der Waals surface area contributed by atoms with Gasteiger partial charge < -0.3 is 5.32 Å². The molecule has 0 bridgehead atoms. The molecule has 0 aromatic carbocycles. The second-order valence-corrected chi connectivity index (χ2v) is 4.60. The molecule has 3 aromatic rings. The molecule has 0 aliphatic carbocycles. The lowest BCUT2D eigenvalue weighted by molar-refractivity contribution is 0.102. The van der Waals surface area contributed by atoms with Gasteiger partial charge in [0.1, 0.15) is 5.69 Å². The average Bonchev–Trinajstić information content (AvgIpc) is 2.92. The van der Waals surface area contributed by atoms with Crippen LogP contribution in [0.4, 0.5) is 5.69 Å². The van der Waals surface area contributed by atoms with E-state index in [-0.39, 0.29) is 17.2 Å². The van der Waals surface area contributed by atoms with Crippen LogP contribution in [0.25, 0.3) is 4.96 Å². The largest absolute Gasteiger partial charge is 0.316 e. The monoisotopic (exact) mass is 272 g/mol. The van der Waals surface area contributed by atoms with Gasteiger partial charge in [-0.3, -0.25) is 19.0 Å². The van der Waals surface area contributed by atoms with Crippen LogP contribution in [0, 0.1) is 0 Å². The van der Waals surface area contributed by atoms with E-state index in [9.17, 15) is 9.59 Å². The summed E-state index contributed by atoms with van der Waals surface area (Å²) in [4.78, 5) is 32.5. The zero-order chi connectivity index (χ0) is 13.2. The Morgan fingerprint density at radius 2 is 2.26 bits per heavy atom. The second-order valence-electron chi connectivity index (χ2n) is 3.73. The van der Waals surface area contributed by atoms with Crippen LogP contribution in [0.5, 0.6) is 0 Å². The minimum absolute atomic E-state index is 0.143. The van der Waals surface area contributed by atoms with E-state index in [1.54, 1.807) is 29.9 Å². The van der Waals surface area contributed by atoms with Crippen molar-refractivity contribution in [3.8, 4) is 0 Å². The van der Waals surface area contributed by atoms with Gasteiger partial charge in [-0.05, 0) is 12.1 Å². The smallest absolute Gasteiger partial charge is 0.282 e. The fourth-order valence-electron chi connectivity index (χ4n) is 1.60. The third-order valence-corrected chi connectivity index (χ3v) is 3.29. The number of carbonyl (C=O) groups excluding carboxylic acids is 1. The number of anilines is 1. The molecule has 0 unspecified atom stereocenters. The van der Waals surface area contributed by atoms with Crippen molar-refractivity contribution in [2.75, 3.05) is 5.32 Å². The third-order valence-electron chi connectivity index (χ3n) is 2.51. The van der Waals surface area contributed by atoms with Crippen LogP contribution in [-0.4, -0.2) is 20.3 Å². The summed E-state index contributed by atoms with van der Waals surface area (Å²) in [6.07, 6.45) is 5.99. The normalized spacial score (nSPS) is 10.5. The van der Waals surface area contributed by atoms with Crippen molar-refractivity contribution in [1.29, 1.82) is 0 Å². The molecular weight excluding hydrogens is 264 g/mol. The van der Waals surface area contributed by atoms with Crippen molar-refractivity contribution in [1.82, 2.24) is 14.4 Å². The molecule has 3 heterocycles. The molecule has 0 atom stereocenters. The molecule has 3 rings (SSSR count). The van der Waals surface area contributed by atoms with Crippen LogP contribution in [0.2, 0.25) is 0 Å². The Labute approximate surface area is 111 Å². The highest BCUT2D eigenvalue weighted by atomic mass is 32.1. The first-order chi connectivity index (χ1) is 9.25. The topological polar surface area (TPSA) is 76.4 Å². The maximum absolute atomic E-state index is 12.1. The molecule has 1 N–H and O–H groups in total. The van der Waals surface area contributed by atoms with Crippen LogP contribution < -0.4 is 10.9 Å². The molecule has 0 aliphatic heterocycles. The lowest BCUT2D eigenvalue weighted by Crippen LogP contribution is -2.22. The van der Waals surface area contributed by atoms with Crippen LogP contribution >= 0.6 is 11.3 Å². The molecule has 0 saturated carbocycles. The van der Waals surface area contributed by atoms with Crippen molar-refractivity contribution in [2.24, 2.45) is 0 Å². The molecule has 6 nitrogen and oxygen atoms in total. The van der Waals surface area contributed by atoms with Gasteiger partial charge in [-0.2, -0.15) is 0 Å². The predicted octanol–water partition coefficient (Wildman–Crippen LogP) is 1.40. The number of pyridine rings is 1. The first-order valence-electron chi connectivity index (χ1n) is 5.42. The summed E-state index contributed by atoms with van der Waals surface area (Å²) in [5.74, 6) is -0.387. The van der Waals surface area contributed by atoms with E-state index in [4.69, 9.17) is 0 Å². The number of nitrogens with zero attached hydrogens (tertiary/aromatic N) is 3. The first kappa shape index (κ1) is 11.5. The molecule has 0 fully saturated rings. The van der Waals surface area contributed by atoms with Gasteiger partial charge >= 0.3 is 0 Å². The minimum Gasteiger partial charge on any atom is -0.316 e. The van der Waals surface area contributed by atoms with Crippen LogP contribution in [0.15, 0.2) is 47.1 Å². The molecular formula is C12H8N4O2S. The summed E-state index contributed by atoms with van der Waals surface area (Å²) >= 11 is 1.35. The van der Waals surface area contributed by atoms with Gasteiger partial charge in [-0.25, -0.2) is 4.98 Å². The van der Waals surface area contributed by atoms with Gasteiger partial charge in [0.05, 0.1) is 11.8 Å². The first-order valence-corrected chi connectivity index (χ1v) is 6.30. The van der Waals surface area contributed by atoms with Crippen LogP contribution in [-0.2, 0) is 0 Å². The zero-order valence-electron chi connectivity index (χ0n) is 9.61. The molecule has 0 aliphatic rings. The number of nitrogens with one attached hydrogen (secondary N) is 1. The van der Waals surface area contributed by atoms with Crippen molar-refractivity contribution in [2.45, 2.75) is 0 Å². The number of aromatic nitrogens is 3. The van der Waals surface area contributed by atoms with Gasteiger partial charge in [0.15, 0.2) is 4.96 Å². The number of carbonyl (C=O) groups is 1. The Morgan fingerprint density at radius 3 is 3.05 bits per heavy atom. The quantitative estimate of drug-likeness (QED) is 0.765. The highest BCUT2D eigenvalue weighted by Crippen LogP contribution is 2.08. The van der Waals surface area contributed by atoms with Crippen molar-refractivity contribution >= 4 is 27.9 Å². The number of amides is 1. The standard InChI is InChI=1S/C12H8N4O2S/c17-10(8-2-1-3-13-6-8)15-9-7-14-12-16(11(9)18)4-5-19-12/h1-7H,(H,15,17). The molecule has 0 radical (unpaired) electrons. The molecule has 7 heteroatoms. The Bertz CT molecular complexity index is 794. The van der Waals surface area contributed by atoms with E-state index in [0.29, 0.717) is 10.5 Å². The predicted molar refractivity (Wildman–Crippen MR) is 71.5 cm³/mol. The SMILES string of the molecule is O=C(Nc1cnc2sccn2c1=O)c1cccnc1. The molecule has 0 spiro atoms. The molecule has 19 heavy (non-hydrogen) atoms. The maximum Gasteiger partial charge on any atom is 0.282 e. The Morgan fingerprint density at radius 1 is 1.37 bits per heavy atom. The summed E-state index contributed by atoms with van der Waals surface area (Å²) in [5.41, 5.74) is 0.227. The summed E-state index contributed by atoms with van der Waals surface area (Å²) < 4.78 is 1.39. The van der Waals surface area contributed by atoms with Crippen LogP contribution in [0.1, 0.15) is 10.4 Å². The van der Waals surface area contributed by atoms with Gasteiger partial charge in [-0.1, -0.05) is 0 Å². The number of fused-ring (bicyclic) bond motifs is 1. The van der Waals surface area contributed by atoms with E-state index >= 15 is 0 Å². The lowest BCUT2D eigenvalue weighted by atomic mass is 10.2. The number of rotatable bonds is 2. The van der Waals surface area contributed by atoms with Crippen molar-refractivity contribution < 1.29 is 4.79 Å². The number of hydrogen-bond donors (Lipinski definition) is 1. The van der Waals surface area contributed by atoms with Gasteiger partial charge in [0.2, 0.25) is 0 Å². The highest BCUT2D eigenvalue weighted by molar-refractivity contribution is 7.15. The fourth-order valence-corrected chi connectivity index (χ4v) is 2.28. The third kappa shape index (κ3) is 2.11. The Kier molecular flexibility index (Phi) is 2.81. The van der Waals surface area contributed by atoms with E-state index in [1.807, 2.05) is 0 Å². The maximum atomic E-state index is 12.1. The minimum atomic E-state index is -0.387.